The Balaban J connectivity index is 0.00000392. The molecule has 1 aromatic rings. The minimum absolute atomic E-state index is 0. The van der Waals surface area contributed by atoms with Gasteiger partial charge in [0, 0.05) is 13.1 Å². The number of nitrogens with zero attached hydrogens (tertiary/aromatic N) is 2. The molecule has 6 nitrogen and oxygen atoms in total. The summed E-state index contributed by atoms with van der Waals surface area (Å²) in [4.78, 5) is 19.0. The molecule has 0 bridgehead atoms. The lowest BCUT2D eigenvalue weighted by molar-refractivity contribution is -0.147. The molecule has 2 rings (SSSR count). The maximum absolute atomic E-state index is 11.7. The fraction of sp³-hybridized carbons (Fsp3) is 0.619. The molecule has 158 valence electrons. The largest absolute Gasteiger partial charge is 0.463 e. The lowest BCUT2D eigenvalue weighted by Crippen LogP contribution is -2.39. The molecule has 1 aliphatic heterocycles. The van der Waals surface area contributed by atoms with Gasteiger partial charge < -0.3 is 15.4 Å². The van der Waals surface area contributed by atoms with Gasteiger partial charge in [0.05, 0.1) is 25.1 Å². The minimum atomic E-state index is -0.187. The monoisotopic (exact) mass is 502 g/mol. The Hall–Kier alpha value is -1.35. The van der Waals surface area contributed by atoms with E-state index in [0.717, 1.165) is 25.6 Å². The molecule has 1 unspecified atom stereocenters. The highest BCUT2D eigenvalue weighted by Gasteiger charge is 2.23. The van der Waals surface area contributed by atoms with Crippen LogP contribution in [-0.4, -0.2) is 55.7 Å². The quantitative estimate of drug-likeness (QED) is 0.235. The van der Waals surface area contributed by atoms with E-state index in [1.807, 2.05) is 20.8 Å². The van der Waals surface area contributed by atoms with Crippen LogP contribution in [-0.2, 0) is 9.53 Å². The zero-order valence-electron chi connectivity index (χ0n) is 17.3. The highest BCUT2D eigenvalue weighted by Crippen LogP contribution is 2.25. The maximum Gasteiger partial charge on any atom is 0.307 e. The maximum atomic E-state index is 11.7. The predicted molar refractivity (Wildman–Crippen MR) is 125 cm³/mol. The number of carbonyl (C=O) groups is 1. The molecule has 1 heterocycles. The third kappa shape index (κ3) is 8.77. The van der Waals surface area contributed by atoms with Crippen molar-refractivity contribution in [1.29, 1.82) is 0 Å². The highest BCUT2D eigenvalue weighted by molar-refractivity contribution is 14.0. The number of hydrogen-bond donors (Lipinski definition) is 2. The number of hydrogen-bond acceptors (Lipinski definition) is 4. The van der Waals surface area contributed by atoms with Crippen LogP contribution in [0.2, 0.25) is 0 Å². The van der Waals surface area contributed by atoms with Crippen LogP contribution in [0.15, 0.2) is 35.3 Å². The second kappa shape index (κ2) is 13.8. The molecule has 1 aromatic carbocycles. The molecule has 1 aliphatic rings. The summed E-state index contributed by atoms with van der Waals surface area (Å²) in [5, 5.41) is 6.50. The number of guanidine groups is 1. The zero-order valence-corrected chi connectivity index (χ0v) is 19.6. The van der Waals surface area contributed by atoms with Crippen molar-refractivity contribution in [3.63, 3.8) is 0 Å². The summed E-state index contributed by atoms with van der Waals surface area (Å²) in [5.74, 6) is 0.558. The van der Waals surface area contributed by atoms with Gasteiger partial charge in [-0.15, -0.1) is 24.0 Å². The average Bonchev–Trinajstić information content (AvgIpc) is 3.16. The first-order chi connectivity index (χ1) is 13.1. The van der Waals surface area contributed by atoms with Crippen LogP contribution < -0.4 is 10.6 Å². The summed E-state index contributed by atoms with van der Waals surface area (Å²) in [6.07, 6.45) is 2.76. The van der Waals surface area contributed by atoms with Crippen molar-refractivity contribution >= 4 is 35.9 Å². The van der Waals surface area contributed by atoms with Crippen LogP contribution in [0.3, 0.4) is 0 Å². The van der Waals surface area contributed by atoms with E-state index >= 15 is 0 Å². The minimum Gasteiger partial charge on any atom is -0.463 e. The van der Waals surface area contributed by atoms with Crippen LogP contribution in [0.4, 0.5) is 0 Å². The Morgan fingerprint density at radius 3 is 2.46 bits per heavy atom. The molecule has 0 aliphatic carbocycles. The van der Waals surface area contributed by atoms with Gasteiger partial charge in [0.25, 0.3) is 0 Å². The average molecular weight is 502 g/mol. The molecule has 28 heavy (non-hydrogen) atoms. The number of esters is 1. The Kier molecular flexibility index (Phi) is 12.1. The van der Waals surface area contributed by atoms with Gasteiger partial charge in [-0.05, 0) is 52.3 Å². The Labute approximate surface area is 186 Å². The second-order valence-electron chi connectivity index (χ2n) is 7.10. The fourth-order valence-corrected chi connectivity index (χ4v) is 3.28. The van der Waals surface area contributed by atoms with Crippen LogP contribution in [0.5, 0.6) is 0 Å². The zero-order chi connectivity index (χ0) is 19.5. The standard InChI is InChI=1S/C21H34N4O2.HI/c1-4-22-21(23-13-12-20(26)27-17(2)3)24-16-19(25-14-8-9-15-25)18-10-6-5-7-11-18;/h5-7,10-11,17,19H,4,8-9,12-16H2,1-3H3,(H2,22,23,24);1H. The number of benzene rings is 1. The number of likely N-dealkylation sites (tertiary alicyclic amines) is 1. The molecule has 0 radical (unpaired) electrons. The van der Waals surface area contributed by atoms with E-state index in [1.54, 1.807) is 0 Å². The fourth-order valence-electron chi connectivity index (χ4n) is 3.28. The van der Waals surface area contributed by atoms with E-state index in [-0.39, 0.29) is 42.1 Å². The summed E-state index contributed by atoms with van der Waals surface area (Å²) in [6.45, 7) is 9.99. The number of halogens is 1. The van der Waals surface area contributed by atoms with Gasteiger partial charge in [0.2, 0.25) is 0 Å². The third-order valence-electron chi connectivity index (χ3n) is 4.52. The number of carbonyl (C=O) groups excluding carboxylic acids is 1. The summed E-state index contributed by atoms with van der Waals surface area (Å²) in [7, 11) is 0. The van der Waals surface area contributed by atoms with Crippen molar-refractivity contribution in [2.45, 2.75) is 52.2 Å². The Bertz CT molecular complexity index is 589. The van der Waals surface area contributed by atoms with Gasteiger partial charge in [0.15, 0.2) is 5.96 Å². The van der Waals surface area contributed by atoms with Crippen molar-refractivity contribution in [3.8, 4) is 0 Å². The molecule has 7 heteroatoms. The smallest absolute Gasteiger partial charge is 0.307 e. The molecule has 1 fully saturated rings. The summed E-state index contributed by atoms with van der Waals surface area (Å²) < 4.78 is 5.17. The van der Waals surface area contributed by atoms with Crippen LogP contribution in [0, 0.1) is 0 Å². The van der Waals surface area contributed by atoms with Gasteiger partial charge >= 0.3 is 5.97 Å². The Morgan fingerprint density at radius 1 is 1.18 bits per heavy atom. The SMILES string of the molecule is CCNC(=NCC(c1ccccc1)N1CCCC1)NCCC(=O)OC(C)C.I. The summed E-state index contributed by atoms with van der Waals surface area (Å²) in [6, 6.07) is 10.9. The van der Waals surface area contributed by atoms with Gasteiger partial charge in [0.1, 0.15) is 0 Å². The van der Waals surface area contributed by atoms with Crippen LogP contribution in [0.25, 0.3) is 0 Å². The van der Waals surface area contributed by atoms with Crippen molar-refractivity contribution in [3.05, 3.63) is 35.9 Å². The predicted octanol–water partition coefficient (Wildman–Crippen LogP) is 3.34. The van der Waals surface area contributed by atoms with Crippen LogP contribution in [0.1, 0.15) is 51.6 Å². The Morgan fingerprint density at radius 2 is 1.86 bits per heavy atom. The van der Waals surface area contributed by atoms with Gasteiger partial charge in [-0.1, -0.05) is 30.3 Å². The topological polar surface area (TPSA) is 66.0 Å². The second-order valence-corrected chi connectivity index (χ2v) is 7.10. The van der Waals surface area contributed by atoms with E-state index in [0.29, 0.717) is 19.5 Å². The van der Waals surface area contributed by atoms with E-state index < -0.39 is 0 Å². The lowest BCUT2D eigenvalue weighted by atomic mass is 10.1. The molecule has 0 spiro atoms. The highest BCUT2D eigenvalue weighted by atomic mass is 127. The van der Waals surface area contributed by atoms with E-state index in [9.17, 15) is 4.79 Å². The molecule has 0 aromatic heterocycles. The van der Waals surface area contributed by atoms with E-state index in [4.69, 9.17) is 9.73 Å². The van der Waals surface area contributed by atoms with Crippen molar-refractivity contribution in [1.82, 2.24) is 15.5 Å². The molecule has 2 N–H and O–H groups in total. The first-order valence-electron chi connectivity index (χ1n) is 10.1. The van der Waals surface area contributed by atoms with Gasteiger partial charge in [-0.3, -0.25) is 14.7 Å². The van der Waals surface area contributed by atoms with Gasteiger partial charge in [-0.2, -0.15) is 0 Å². The lowest BCUT2D eigenvalue weighted by Gasteiger charge is -2.27. The van der Waals surface area contributed by atoms with Crippen molar-refractivity contribution < 1.29 is 9.53 Å². The summed E-state index contributed by atoms with van der Waals surface area (Å²) in [5.41, 5.74) is 1.31. The van der Waals surface area contributed by atoms with E-state index in [1.165, 1.54) is 18.4 Å². The van der Waals surface area contributed by atoms with Crippen molar-refractivity contribution in [2.75, 3.05) is 32.7 Å². The molecule has 1 saturated heterocycles. The number of rotatable bonds is 9. The number of ether oxygens (including phenoxy) is 1. The molecular weight excluding hydrogens is 467 g/mol. The third-order valence-corrected chi connectivity index (χ3v) is 4.52. The molecule has 1 atom stereocenters. The van der Waals surface area contributed by atoms with Crippen molar-refractivity contribution in [2.24, 2.45) is 4.99 Å². The number of aliphatic imine (C=N–C) groups is 1. The normalized spacial score (nSPS) is 15.8. The van der Waals surface area contributed by atoms with E-state index in [2.05, 4.69) is 45.9 Å². The first kappa shape index (κ1) is 24.7. The molecular formula is C21H35IN4O2. The summed E-state index contributed by atoms with van der Waals surface area (Å²) >= 11 is 0. The molecule has 0 amide bonds. The van der Waals surface area contributed by atoms with Crippen LogP contribution >= 0.6 is 24.0 Å². The van der Waals surface area contributed by atoms with Gasteiger partial charge in [-0.25, -0.2) is 0 Å². The number of nitrogens with one attached hydrogen (secondary N) is 2. The first-order valence-corrected chi connectivity index (χ1v) is 10.1. The molecule has 0 saturated carbocycles.